The van der Waals surface area contributed by atoms with E-state index < -0.39 is 18.2 Å². The van der Waals surface area contributed by atoms with E-state index in [1.807, 2.05) is 0 Å². The maximum absolute atomic E-state index is 10.7. The van der Waals surface area contributed by atoms with Crippen LogP contribution in [0.5, 0.6) is 0 Å². The van der Waals surface area contributed by atoms with Gasteiger partial charge in [0.05, 0.1) is 0 Å². The van der Waals surface area contributed by atoms with Gasteiger partial charge in [0.15, 0.2) is 5.78 Å². The van der Waals surface area contributed by atoms with Crippen molar-refractivity contribution < 1.29 is 14.7 Å². The van der Waals surface area contributed by atoms with E-state index in [4.69, 9.17) is 5.11 Å². The van der Waals surface area contributed by atoms with E-state index in [9.17, 15) is 9.59 Å². The molecule has 0 atom stereocenters. The van der Waals surface area contributed by atoms with Crippen LogP contribution in [-0.2, 0) is 9.59 Å². The van der Waals surface area contributed by atoms with Gasteiger partial charge in [-0.3, -0.25) is 9.59 Å². The topological polar surface area (TPSA) is 57.6 Å². The summed E-state index contributed by atoms with van der Waals surface area (Å²) < 4.78 is 0. The van der Waals surface area contributed by atoms with Gasteiger partial charge in [0.1, 0.15) is 6.42 Å². The van der Waals surface area contributed by atoms with Crippen molar-refractivity contribution in [2.45, 2.75) is 6.42 Å². The van der Waals surface area contributed by atoms with Crippen molar-refractivity contribution in [1.29, 1.82) is 0 Å². The summed E-state index contributed by atoms with van der Waals surface area (Å²) >= 11 is 0. The van der Waals surface area contributed by atoms with Crippen LogP contribution in [-0.4, -0.2) is 35.9 Å². The highest BCUT2D eigenvalue weighted by molar-refractivity contribution is 6.01. The van der Waals surface area contributed by atoms with Crippen LogP contribution in [0, 0.1) is 0 Å². The van der Waals surface area contributed by atoms with Crippen molar-refractivity contribution in [2.75, 3.05) is 14.1 Å². The maximum Gasteiger partial charge on any atom is 0.311 e. The quantitative estimate of drug-likeness (QED) is 0.464. The Morgan fingerprint density at radius 3 is 2.36 bits per heavy atom. The number of ketones is 1. The zero-order chi connectivity index (χ0) is 8.85. The van der Waals surface area contributed by atoms with E-state index in [-0.39, 0.29) is 0 Å². The van der Waals surface area contributed by atoms with Gasteiger partial charge in [0.25, 0.3) is 0 Å². The van der Waals surface area contributed by atoms with E-state index in [1.54, 1.807) is 19.0 Å². The Morgan fingerprint density at radius 1 is 1.45 bits per heavy atom. The molecule has 0 aliphatic rings. The Balaban J connectivity index is 3.78. The molecule has 0 fully saturated rings. The molecule has 0 saturated heterocycles. The molecule has 0 amide bonds. The number of carbonyl (C=O) groups is 2. The molecule has 0 heterocycles. The highest BCUT2D eigenvalue weighted by Crippen LogP contribution is 1.86. The molecule has 0 aromatic carbocycles. The number of allylic oxidation sites excluding steroid dienone is 1. The molecule has 0 aromatic heterocycles. The summed E-state index contributed by atoms with van der Waals surface area (Å²) in [5.74, 6) is -1.50. The second kappa shape index (κ2) is 4.49. The van der Waals surface area contributed by atoms with Gasteiger partial charge in [0, 0.05) is 20.3 Å². The smallest absolute Gasteiger partial charge is 0.311 e. The minimum atomic E-state index is -1.10. The van der Waals surface area contributed by atoms with Gasteiger partial charge in [-0.15, -0.1) is 0 Å². The maximum atomic E-state index is 10.7. The second-order valence-electron chi connectivity index (χ2n) is 2.32. The monoisotopic (exact) mass is 157 g/mol. The number of aliphatic carboxylic acids is 1. The normalized spacial score (nSPS) is 10.0. The fourth-order valence-electron chi connectivity index (χ4n) is 0.440. The summed E-state index contributed by atoms with van der Waals surface area (Å²) in [7, 11) is 3.51. The second-order valence-corrected chi connectivity index (χ2v) is 2.32. The molecule has 62 valence electrons. The SMILES string of the molecule is CN(C)C=CC(=O)CC(=O)O. The number of nitrogens with zero attached hydrogens (tertiary/aromatic N) is 1. The first-order valence-electron chi connectivity index (χ1n) is 3.11. The average molecular weight is 157 g/mol. The molecule has 0 rings (SSSR count). The van der Waals surface area contributed by atoms with Gasteiger partial charge in [-0.2, -0.15) is 0 Å². The zero-order valence-electron chi connectivity index (χ0n) is 6.57. The molecule has 4 heteroatoms. The molecule has 0 aliphatic heterocycles. The summed E-state index contributed by atoms with van der Waals surface area (Å²) in [6.45, 7) is 0. The number of hydrogen-bond acceptors (Lipinski definition) is 3. The molecule has 0 aromatic rings. The van der Waals surface area contributed by atoms with Gasteiger partial charge in [-0.05, 0) is 6.08 Å². The van der Waals surface area contributed by atoms with Gasteiger partial charge < -0.3 is 10.0 Å². The number of hydrogen-bond donors (Lipinski definition) is 1. The van der Waals surface area contributed by atoms with E-state index in [2.05, 4.69) is 0 Å². The largest absolute Gasteiger partial charge is 0.481 e. The lowest BCUT2D eigenvalue weighted by Crippen LogP contribution is -2.06. The van der Waals surface area contributed by atoms with Crippen molar-refractivity contribution in [3.05, 3.63) is 12.3 Å². The standard InChI is InChI=1S/C7H11NO3/c1-8(2)4-3-6(9)5-7(10)11/h3-4H,5H2,1-2H3,(H,10,11). The third-order valence-corrected chi connectivity index (χ3v) is 0.884. The molecule has 1 N–H and O–H groups in total. The Labute approximate surface area is 65.1 Å². The summed E-state index contributed by atoms with van der Waals surface area (Å²) in [5.41, 5.74) is 0. The molecular weight excluding hydrogens is 146 g/mol. The highest BCUT2D eigenvalue weighted by atomic mass is 16.4. The van der Waals surface area contributed by atoms with Crippen LogP contribution in [0.15, 0.2) is 12.3 Å². The van der Waals surface area contributed by atoms with Crippen LogP contribution in [0.1, 0.15) is 6.42 Å². The molecule has 0 saturated carbocycles. The predicted molar refractivity (Wildman–Crippen MR) is 40.1 cm³/mol. The Bertz CT molecular complexity index is 184. The van der Waals surface area contributed by atoms with Gasteiger partial charge in [0.2, 0.25) is 0 Å². The first-order chi connectivity index (χ1) is 5.02. The summed E-state index contributed by atoms with van der Waals surface area (Å²) in [4.78, 5) is 22.3. The van der Waals surface area contributed by atoms with Crippen LogP contribution < -0.4 is 0 Å². The minimum absolute atomic E-state index is 0.397. The molecule has 0 unspecified atom stereocenters. The summed E-state index contributed by atoms with van der Waals surface area (Å²) in [5, 5.41) is 8.18. The van der Waals surface area contributed by atoms with Crippen molar-refractivity contribution in [3.63, 3.8) is 0 Å². The third kappa shape index (κ3) is 6.57. The molecular formula is C7H11NO3. The number of rotatable bonds is 4. The first kappa shape index (κ1) is 9.68. The van der Waals surface area contributed by atoms with Crippen LogP contribution in [0.25, 0.3) is 0 Å². The van der Waals surface area contributed by atoms with Crippen LogP contribution in [0.4, 0.5) is 0 Å². The molecule has 4 nitrogen and oxygen atoms in total. The van der Waals surface area contributed by atoms with Crippen molar-refractivity contribution in [1.82, 2.24) is 4.90 Å². The van der Waals surface area contributed by atoms with E-state index >= 15 is 0 Å². The molecule has 0 bridgehead atoms. The number of carbonyl (C=O) groups excluding carboxylic acids is 1. The first-order valence-corrected chi connectivity index (χ1v) is 3.11. The zero-order valence-corrected chi connectivity index (χ0v) is 6.57. The van der Waals surface area contributed by atoms with E-state index in [1.165, 1.54) is 12.3 Å². The molecule has 0 spiro atoms. The van der Waals surface area contributed by atoms with Crippen LogP contribution >= 0.6 is 0 Å². The van der Waals surface area contributed by atoms with Gasteiger partial charge in [-0.1, -0.05) is 0 Å². The van der Waals surface area contributed by atoms with Crippen LogP contribution in [0.2, 0.25) is 0 Å². The predicted octanol–water partition coefficient (Wildman–Crippen LogP) is 0.106. The summed E-state index contributed by atoms with van der Waals surface area (Å²) in [6, 6.07) is 0. The number of carboxylic acid groups (broad SMARTS) is 1. The fraction of sp³-hybridized carbons (Fsp3) is 0.429. The minimum Gasteiger partial charge on any atom is -0.481 e. The van der Waals surface area contributed by atoms with Crippen molar-refractivity contribution in [2.24, 2.45) is 0 Å². The fourth-order valence-corrected chi connectivity index (χ4v) is 0.440. The Hall–Kier alpha value is -1.32. The lowest BCUT2D eigenvalue weighted by atomic mass is 10.3. The van der Waals surface area contributed by atoms with Gasteiger partial charge in [-0.25, -0.2) is 0 Å². The Kier molecular flexibility index (Phi) is 3.95. The molecule has 0 radical (unpaired) electrons. The Morgan fingerprint density at radius 2 is 2.00 bits per heavy atom. The van der Waals surface area contributed by atoms with Crippen LogP contribution in [0.3, 0.4) is 0 Å². The summed E-state index contributed by atoms with van der Waals surface area (Å²) in [6.07, 6.45) is 2.32. The molecule has 11 heavy (non-hydrogen) atoms. The third-order valence-electron chi connectivity index (χ3n) is 0.884. The number of carboxylic acids is 1. The highest BCUT2D eigenvalue weighted by Gasteiger charge is 2.02. The van der Waals surface area contributed by atoms with E-state index in [0.717, 1.165) is 0 Å². The van der Waals surface area contributed by atoms with E-state index in [0.29, 0.717) is 0 Å². The van der Waals surface area contributed by atoms with Crippen molar-refractivity contribution >= 4 is 11.8 Å². The van der Waals surface area contributed by atoms with Gasteiger partial charge >= 0.3 is 5.97 Å². The van der Waals surface area contributed by atoms with Crippen molar-refractivity contribution in [3.8, 4) is 0 Å². The lowest BCUT2D eigenvalue weighted by molar-refractivity contribution is -0.139. The molecule has 0 aliphatic carbocycles. The lowest BCUT2D eigenvalue weighted by Gasteiger charge is -2.01. The average Bonchev–Trinajstić information content (AvgIpc) is 1.82.